The molecule has 7 aromatic carbocycles. The molecule has 0 saturated carbocycles. The lowest BCUT2D eigenvalue weighted by Crippen LogP contribution is -2.66. The van der Waals surface area contributed by atoms with Crippen molar-refractivity contribution in [2.75, 3.05) is 13.2 Å². The van der Waals surface area contributed by atoms with E-state index in [1.165, 1.54) is 0 Å². The molecular formula is C61H64O11. The van der Waals surface area contributed by atoms with Gasteiger partial charge in [0.1, 0.15) is 48.8 Å². The summed E-state index contributed by atoms with van der Waals surface area (Å²) in [5.74, 6) is 0. The van der Waals surface area contributed by atoms with Crippen molar-refractivity contribution >= 4 is 0 Å². The molecule has 0 aromatic heterocycles. The summed E-state index contributed by atoms with van der Waals surface area (Å²) in [4.78, 5) is 0. The van der Waals surface area contributed by atoms with Gasteiger partial charge in [-0.2, -0.15) is 0 Å². The SMILES string of the molecule is O[C@H]1O[C@H](COCc2ccccc2)[C@@H](OCc2ccccc2)[C@H](O[C@@H]2O[C@H](COCc3ccccc3)[C@@H](OCc3ccccc3)[C@H](OCc3ccccc3)[C@H]2OCc2ccccc2)[C@H]1OCc1ccccc1. The third-order valence-electron chi connectivity index (χ3n) is 12.7. The van der Waals surface area contributed by atoms with E-state index in [1.807, 2.05) is 212 Å². The molecule has 2 aliphatic heterocycles. The molecule has 7 aromatic rings. The number of aliphatic hydroxyl groups excluding tert-OH is 1. The van der Waals surface area contributed by atoms with Crippen LogP contribution in [0.25, 0.3) is 0 Å². The topological polar surface area (TPSA) is 113 Å². The number of ether oxygens (including phenoxy) is 10. The zero-order valence-electron chi connectivity index (χ0n) is 40.4. The van der Waals surface area contributed by atoms with Crippen molar-refractivity contribution in [1.82, 2.24) is 0 Å². The summed E-state index contributed by atoms with van der Waals surface area (Å²) in [6, 6.07) is 69.6. The number of aliphatic hydroxyl groups is 1. The van der Waals surface area contributed by atoms with E-state index in [9.17, 15) is 5.11 Å². The molecule has 1 N–H and O–H groups in total. The van der Waals surface area contributed by atoms with E-state index in [1.54, 1.807) is 0 Å². The third kappa shape index (κ3) is 14.8. The molecule has 0 amide bonds. The van der Waals surface area contributed by atoms with Crippen LogP contribution >= 0.6 is 0 Å². The minimum Gasteiger partial charge on any atom is -0.374 e. The fourth-order valence-corrected chi connectivity index (χ4v) is 8.98. The molecule has 0 radical (unpaired) electrons. The molecule has 0 aliphatic carbocycles. The summed E-state index contributed by atoms with van der Waals surface area (Å²) >= 11 is 0. The molecule has 0 bridgehead atoms. The first-order chi connectivity index (χ1) is 35.6. The monoisotopic (exact) mass is 972 g/mol. The standard InChI is InChI=1S/C61H64O11/c62-60-58(68-41-50-32-18-6-19-33-50)57(55(66-39-48-28-14-4-15-29-48)52(70-60)43-63-36-45-22-8-1-9-23-45)72-61-59(69-42-51-34-20-7-21-35-51)56(67-40-49-30-16-5-17-31-49)54(65-38-47-26-12-3-13-27-47)53(71-61)44-64-37-46-24-10-2-11-25-46/h1-35,52-62H,36-44H2/t52-,53-,54-,55-,56+,57+,58-,59-,60+,61+/m1/s1. The Morgan fingerprint density at radius 1 is 0.292 bits per heavy atom. The second kappa shape index (κ2) is 27.2. The van der Waals surface area contributed by atoms with Crippen LogP contribution in [0.4, 0.5) is 0 Å². The lowest BCUT2D eigenvalue weighted by Gasteiger charge is -2.49. The Kier molecular flexibility index (Phi) is 19.3. The van der Waals surface area contributed by atoms with Crippen LogP contribution in [0.15, 0.2) is 212 Å². The Morgan fingerprint density at radius 2 is 0.569 bits per heavy atom. The van der Waals surface area contributed by atoms with E-state index in [4.69, 9.17) is 47.4 Å². The van der Waals surface area contributed by atoms with Crippen molar-refractivity contribution in [3.05, 3.63) is 251 Å². The van der Waals surface area contributed by atoms with E-state index in [-0.39, 0.29) is 46.2 Å². The fraction of sp³-hybridized carbons (Fsp3) is 0.311. The van der Waals surface area contributed by atoms with Crippen LogP contribution in [0.3, 0.4) is 0 Å². The number of hydrogen-bond acceptors (Lipinski definition) is 11. The molecule has 2 aliphatic rings. The Bertz CT molecular complexity index is 2550. The van der Waals surface area contributed by atoms with Crippen LogP contribution < -0.4 is 0 Å². The summed E-state index contributed by atoms with van der Waals surface area (Å²) in [6.07, 6.45) is -9.47. The highest BCUT2D eigenvalue weighted by atomic mass is 16.7. The summed E-state index contributed by atoms with van der Waals surface area (Å²) in [6.45, 7) is 1.93. The smallest absolute Gasteiger partial charge is 0.187 e. The van der Waals surface area contributed by atoms with Crippen molar-refractivity contribution < 1.29 is 52.5 Å². The van der Waals surface area contributed by atoms with E-state index in [0.717, 1.165) is 38.9 Å². The average molecular weight is 973 g/mol. The molecular weight excluding hydrogens is 909 g/mol. The first-order valence-corrected chi connectivity index (χ1v) is 24.8. The highest BCUT2D eigenvalue weighted by molar-refractivity contribution is 5.19. The van der Waals surface area contributed by atoms with Gasteiger partial charge in [0, 0.05) is 0 Å². The fourth-order valence-electron chi connectivity index (χ4n) is 8.98. The maximum Gasteiger partial charge on any atom is 0.187 e. The highest BCUT2D eigenvalue weighted by Gasteiger charge is 2.54. The highest BCUT2D eigenvalue weighted by Crippen LogP contribution is 2.36. The van der Waals surface area contributed by atoms with Gasteiger partial charge in [0.2, 0.25) is 0 Å². The normalized spacial score (nSPS) is 24.2. The van der Waals surface area contributed by atoms with E-state index < -0.39 is 61.4 Å². The van der Waals surface area contributed by atoms with Gasteiger partial charge >= 0.3 is 0 Å². The van der Waals surface area contributed by atoms with Gasteiger partial charge in [-0.25, -0.2) is 0 Å². The molecule has 9 rings (SSSR count). The van der Waals surface area contributed by atoms with Gasteiger partial charge in [0.25, 0.3) is 0 Å². The van der Waals surface area contributed by atoms with Crippen LogP contribution in [-0.4, -0.2) is 79.7 Å². The molecule has 11 nitrogen and oxygen atoms in total. The van der Waals surface area contributed by atoms with Gasteiger partial charge in [0.05, 0.1) is 59.5 Å². The lowest BCUT2D eigenvalue weighted by molar-refractivity contribution is -0.375. The predicted molar refractivity (Wildman–Crippen MR) is 272 cm³/mol. The molecule has 0 spiro atoms. The second-order valence-corrected chi connectivity index (χ2v) is 18.0. The van der Waals surface area contributed by atoms with Crippen molar-refractivity contribution in [2.24, 2.45) is 0 Å². The molecule has 10 atom stereocenters. The number of benzene rings is 7. The van der Waals surface area contributed by atoms with Gasteiger partial charge in [-0.3, -0.25) is 0 Å². The van der Waals surface area contributed by atoms with Crippen LogP contribution in [0.5, 0.6) is 0 Å². The maximum absolute atomic E-state index is 12.1. The summed E-state index contributed by atoms with van der Waals surface area (Å²) in [5.41, 5.74) is 6.74. The van der Waals surface area contributed by atoms with E-state index in [0.29, 0.717) is 13.2 Å². The summed E-state index contributed by atoms with van der Waals surface area (Å²) in [7, 11) is 0. The largest absolute Gasteiger partial charge is 0.374 e. The minimum absolute atomic E-state index is 0.0737. The second-order valence-electron chi connectivity index (χ2n) is 18.0. The van der Waals surface area contributed by atoms with Crippen LogP contribution in [0.1, 0.15) is 38.9 Å². The van der Waals surface area contributed by atoms with Crippen LogP contribution in [0.2, 0.25) is 0 Å². The summed E-state index contributed by atoms with van der Waals surface area (Å²) in [5, 5.41) is 12.1. The van der Waals surface area contributed by atoms with E-state index >= 15 is 0 Å². The Morgan fingerprint density at radius 3 is 0.931 bits per heavy atom. The predicted octanol–water partition coefficient (Wildman–Crippen LogP) is 10.2. The molecule has 11 heteroatoms. The first kappa shape index (κ1) is 51.0. The van der Waals surface area contributed by atoms with Gasteiger partial charge < -0.3 is 52.5 Å². The van der Waals surface area contributed by atoms with Gasteiger partial charge in [0.15, 0.2) is 12.6 Å². The molecule has 72 heavy (non-hydrogen) atoms. The lowest BCUT2D eigenvalue weighted by atomic mass is 9.95. The van der Waals surface area contributed by atoms with Crippen molar-refractivity contribution in [2.45, 2.75) is 108 Å². The first-order valence-electron chi connectivity index (χ1n) is 24.8. The molecule has 2 heterocycles. The number of hydrogen-bond donors (Lipinski definition) is 1. The van der Waals surface area contributed by atoms with Crippen molar-refractivity contribution in [1.29, 1.82) is 0 Å². The van der Waals surface area contributed by atoms with Crippen LogP contribution in [0, 0.1) is 0 Å². The Balaban J connectivity index is 1.10. The maximum atomic E-state index is 12.1. The third-order valence-corrected chi connectivity index (χ3v) is 12.7. The zero-order chi connectivity index (χ0) is 49.0. The average Bonchev–Trinajstić information content (AvgIpc) is 3.43. The molecule has 2 fully saturated rings. The van der Waals surface area contributed by atoms with Gasteiger partial charge in [-0.15, -0.1) is 0 Å². The quantitative estimate of drug-likeness (QED) is 0.0591. The molecule has 2 saturated heterocycles. The van der Waals surface area contributed by atoms with Gasteiger partial charge in [-0.05, 0) is 38.9 Å². The van der Waals surface area contributed by atoms with Crippen LogP contribution in [-0.2, 0) is 93.6 Å². The van der Waals surface area contributed by atoms with Crippen molar-refractivity contribution in [3.8, 4) is 0 Å². The van der Waals surface area contributed by atoms with Gasteiger partial charge in [-0.1, -0.05) is 212 Å². The summed E-state index contributed by atoms with van der Waals surface area (Å²) < 4.78 is 68.6. The Labute approximate surface area is 423 Å². The van der Waals surface area contributed by atoms with Crippen molar-refractivity contribution in [3.63, 3.8) is 0 Å². The van der Waals surface area contributed by atoms with E-state index in [2.05, 4.69) is 0 Å². The molecule has 0 unspecified atom stereocenters. The minimum atomic E-state index is -1.45. The zero-order valence-corrected chi connectivity index (χ0v) is 40.4. The number of rotatable bonds is 25. The molecule has 374 valence electrons. The Hall–Kier alpha value is -5.90.